The highest BCUT2D eigenvalue weighted by molar-refractivity contribution is 8.18. The normalized spacial score (nSPS) is 21.5. The van der Waals surface area contributed by atoms with Crippen molar-refractivity contribution >= 4 is 28.9 Å². The smallest absolute Gasteiger partial charge is 0.264 e. The summed E-state index contributed by atoms with van der Waals surface area (Å²) in [5.41, 5.74) is 0.898. The monoisotopic (exact) mass is 346 g/mol. The summed E-state index contributed by atoms with van der Waals surface area (Å²) in [7, 11) is 1.61. The highest BCUT2D eigenvalue weighted by Crippen LogP contribution is 2.32. The lowest BCUT2D eigenvalue weighted by Gasteiger charge is -2.09. The number of aliphatic imine (C=N–C) groups is 1. The van der Waals surface area contributed by atoms with Gasteiger partial charge in [-0.3, -0.25) is 9.79 Å². The molecule has 0 spiro atoms. The Balaban J connectivity index is 1.77. The Morgan fingerprint density at radius 2 is 2.12 bits per heavy atom. The topological polar surface area (TPSA) is 59.9 Å². The predicted molar refractivity (Wildman–Crippen MR) is 97.6 cm³/mol. The van der Waals surface area contributed by atoms with E-state index in [1.807, 2.05) is 31.2 Å². The Hall–Kier alpha value is -1.95. The molecule has 128 valence electrons. The number of amidine groups is 1. The fourth-order valence-corrected chi connectivity index (χ4v) is 3.78. The minimum atomic E-state index is -0.0930. The molecule has 1 saturated carbocycles. The summed E-state index contributed by atoms with van der Waals surface area (Å²) in [4.78, 5) is 17.5. The van der Waals surface area contributed by atoms with E-state index in [1.165, 1.54) is 24.6 Å². The lowest BCUT2D eigenvalue weighted by Crippen LogP contribution is -2.21. The average molecular weight is 346 g/mol. The molecule has 5 nitrogen and oxygen atoms in total. The maximum atomic E-state index is 12.1. The third kappa shape index (κ3) is 3.93. The number of rotatable bonds is 5. The molecule has 0 bridgehead atoms. The molecule has 24 heavy (non-hydrogen) atoms. The third-order valence-corrected chi connectivity index (χ3v) is 4.98. The van der Waals surface area contributed by atoms with Gasteiger partial charge in [-0.2, -0.15) is 0 Å². The van der Waals surface area contributed by atoms with E-state index in [1.54, 1.807) is 7.11 Å². The van der Waals surface area contributed by atoms with Gasteiger partial charge < -0.3 is 14.8 Å². The van der Waals surface area contributed by atoms with E-state index >= 15 is 0 Å². The van der Waals surface area contributed by atoms with Gasteiger partial charge in [0.15, 0.2) is 16.7 Å². The fourth-order valence-electron chi connectivity index (χ4n) is 2.89. The summed E-state index contributed by atoms with van der Waals surface area (Å²) >= 11 is 1.41. The van der Waals surface area contributed by atoms with E-state index in [2.05, 4.69) is 10.3 Å². The molecule has 1 amide bonds. The number of methoxy groups -OCH3 is 1. The van der Waals surface area contributed by atoms with Gasteiger partial charge in [0.05, 0.1) is 24.7 Å². The zero-order valence-corrected chi connectivity index (χ0v) is 14.8. The van der Waals surface area contributed by atoms with Gasteiger partial charge in [0.2, 0.25) is 0 Å². The number of benzene rings is 1. The minimum Gasteiger partial charge on any atom is -0.493 e. The van der Waals surface area contributed by atoms with Gasteiger partial charge in [-0.25, -0.2) is 0 Å². The zero-order valence-electron chi connectivity index (χ0n) is 14.0. The number of nitrogens with one attached hydrogen (secondary N) is 1. The average Bonchev–Trinajstić information content (AvgIpc) is 3.20. The van der Waals surface area contributed by atoms with E-state index in [9.17, 15) is 4.79 Å². The van der Waals surface area contributed by atoms with Crippen LogP contribution in [0, 0.1) is 0 Å². The van der Waals surface area contributed by atoms with Crippen molar-refractivity contribution in [2.24, 2.45) is 4.99 Å². The standard InChI is InChI=1S/C18H22N2O3S/c1-3-23-14-9-8-12(10-15(14)22-2)11-16-17(21)20-18(24-16)19-13-6-4-5-7-13/h8-11,13H,3-7H2,1-2H3,(H,19,20,21)/b16-11-. The van der Waals surface area contributed by atoms with Crippen LogP contribution >= 0.6 is 11.8 Å². The van der Waals surface area contributed by atoms with Gasteiger partial charge in [-0.1, -0.05) is 18.9 Å². The van der Waals surface area contributed by atoms with Crippen LogP contribution < -0.4 is 14.8 Å². The predicted octanol–water partition coefficient (Wildman–Crippen LogP) is 3.60. The summed E-state index contributed by atoms with van der Waals surface area (Å²) in [6, 6.07) is 6.01. The number of hydrogen-bond donors (Lipinski definition) is 1. The van der Waals surface area contributed by atoms with Crippen LogP contribution in [0.3, 0.4) is 0 Å². The van der Waals surface area contributed by atoms with E-state index in [-0.39, 0.29) is 5.91 Å². The largest absolute Gasteiger partial charge is 0.493 e. The summed E-state index contributed by atoms with van der Waals surface area (Å²) < 4.78 is 10.9. The molecule has 2 aliphatic rings. The van der Waals surface area contributed by atoms with Gasteiger partial charge in [-0.05, 0) is 55.3 Å². The van der Waals surface area contributed by atoms with Crippen molar-refractivity contribution in [2.45, 2.75) is 38.6 Å². The number of amides is 1. The first kappa shape index (κ1) is 16.9. The van der Waals surface area contributed by atoms with Crippen molar-refractivity contribution in [1.29, 1.82) is 0 Å². The van der Waals surface area contributed by atoms with Crippen LogP contribution in [0.4, 0.5) is 0 Å². The molecule has 0 atom stereocenters. The van der Waals surface area contributed by atoms with Crippen molar-refractivity contribution in [3.63, 3.8) is 0 Å². The Labute approximate surface area is 146 Å². The maximum absolute atomic E-state index is 12.1. The first-order chi connectivity index (χ1) is 11.7. The quantitative estimate of drug-likeness (QED) is 0.828. The van der Waals surface area contributed by atoms with Crippen molar-refractivity contribution < 1.29 is 14.3 Å². The van der Waals surface area contributed by atoms with Crippen LogP contribution in [-0.4, -0.2) is 30.8 Å². The van der Waals surface area contributed by atoms with Crippen LogP contribution in [0.15, 0.2) is 28.1 Å². The van der Waals surface area contributed by atoms with Crippen molar-refractivity contribution in [3.8, 4) is 11.5 Å². The summed E-state index contributed by atoms with van der Waals surface area (Å²) in [6.07, 6.45) is 6.56. The van der Waals surface area contributed by atoms with Gasteiger partial charge in [-0.15, -0.1) is 0 Å². The molecular formula is C18H22N2O3S. The lowest BCUT2D eigenvalue weighted by molar-refractivity contribution is -0.115. The second kappa shape index (κ2) is 7.75. The SMILES string of the molecule is CCOc1ccc(/C=C2\SC(=NC3CCCC3)NC2=O)cc1OC. The maximum Gasteiger partial charge on any atom is 0.264 e. The molecule has 1 aromatic carbocycles. The molecule has 1 aliphatic carbocycles. The minimum absolute atomic E-state index is 0.0930. The number of carbonyl (C=O) groups is 1. The summed E-state index contributed by atoms with van der Waals surface area (Å²) in [6.45, 7) is 2.51. The van der Waals surface area contributed by atoms with Crippen molar-refractivity contribution in [1.82, 2.24) is 5.32 Å². The molecule has 0 unspecified atom stereocenters. The van der Waals surface area contributed by atoms with Gasteiger partial charge in [0.1, 0.15) is 0 Å². The van der Waals surface area contributed by atoms with Gasteiger partial charge in [0, 0.05) is 0 Å². The van der Waals surface area contributed by atoms with E-state index in [0.717, 1.165) is 23.6 Å². The summed E-state index contributed by atoms with van der Waals surface area (Å²) in [5, 5.41) is 3.58. The molecule has 6 heteroatoms. The highest BCUT2D eigenvalue weighted by atomic mass is 32.2. The lowest BCUT2D eigenvalue weighted by atomic mass is 10.2. The number of hydrogen-bond acceptors (Lipinski definition) is 5. The molecule has 1 aromatic rings. The first-order valence-corrected chi connectivity index (χ1v) is 9.10. The second-order valence-corrected chi connectivity index (χ2v) is 6.81. The third-order valence-electron chi connectivity index (χ3n) is 4.06. The molecule has 1 N–H and O–H groups in total. The molecule has 1 aliphatic heterocycles. The van der Waals surface area contributed by atoms with Crippen LogP contribution in [0.2, 0.25) is 0 Å². The molecule has 3 rings (SSSR count). The van der Waals surface area contributed by atoms with Gasteiger partial charge >= 0.3 is 0 Å². The van der Waals surface area contributed by atoms with E-state index in [0.29, 0.717) is 29.1 Å². The molecule has 0 radical (unpaired) electrons. The van der Waals surface area contributed by atoms with Crippen molar-refractivity contribution in [2.75, 3.05) is 13.7 Å². The summed E-state index contributed by atoms with van der Waals surface area (Å²) in [5.74, 6) is 1.27. The van der Waals surface area contributed by atoms with Crippen LogP contribution in [-0.2, 0) is 4.79 Å². The van der Waals surface area contributed by atoms with Gasteiger partial charge in [0.25, 0.3) is 5.91 Å². The van der Waals surface area contributed by atoms with Crippen molar-refractivity contribution in [3.05, 3.63) is 28.7 Å². The number of ether oxygens (including phenoxy) is 2. The molecular weight excluding hydrogens is 324 g/mol. The zero-order chi connectivity index (χ0) is 16.9. The second-order valence-electron chi connectivity index (χ2n) is 5.78. The molecule has 1 saturated heterocycles. The fraction of sp³-hybridized carbons (Fsp3) is 0.444. The Bertz CT molecular complexity index is 679. The Kier molecular flexibility index (Phi) is 5.45. The molecule has 1 heterocycles. The van der Waals surface area contributed by atoms with Crippen LogP contribution in [0.1, 0.15) is 38.2 Å². The number of thioether (sulfide) groups is 1. The first-order valence-electron chi connectivity index (χ1n) is 8.29. The Morgan fingerprint density at radius 3 is 2.83 bits per heavy atom. The highest BCUT2D eigenvalue weighted by Gasteiger charge is 2.25. The van der Waals surface area contributed by atoms with E-state index < -0.39 is 0 Å². The van der Waals surface area contributed by atoms with E-state index in [4.69, 9.17) is 9.47 Å². The number of nitrogens with zero attached hydrogens (tertiary/aromatic N) is 1. The van der Waals surface area contributed by atoms with Crippen LogP contribution in [0.25, 0.3) is 6.08 Å². The Morgan fingerprint density at radius 1 is 1.33 bits per heavy atom. The number of carbonyl (C=O) groups excluding carboxylic acids is 1. The molecule has 0 aromatic heterocycles. The molecule has 2 fully saturated rings. The van der Waals surface area contributed by atoms with Crippen LogP contribution in [0.5, 0.6) is 11.5 Å².